The molecule has 0 aliphatic rings. The number of nitrogens with two attached hydrogens (primary N) is 1. The first-order valence-electron chi connectivity index (χ1n) is 4.09. The largest absolute Gasteiger partial charge is 0.459 e. The second kappa shape index (κ2) is 4.42. The first-order chi connectivity index (χ1) is 5.40. The molecule has 1 atom stereocenters. The standard InChI is InChI=1S/C8H18N2O2/c1-5-6(10-9)7(11)12-8(2,3)4/h6,10H,5,9H2,1-4H3/t6-/m1/s1. The maximum absolute atomic E-state index is 11.3. The molecule has 0 aromatic carbocycles. The Bertz CT molecular complexity index is 148. The summed E-state index contributed by atoms with van der Waals surface area (Å²) >= 11 is 0. The third-order valence-corrected chi connectivity index (χ3v) is 1.30. The van der Waals surface area contributed by atoms with Crippen LogP contribution in [0.15, 0.2) is 0 Å². The van der Waals surface area contributed by atoms with E-state index in [9.17, 15) is 4.79 Å². The predicted molar refractivity (Wildman–Crippen MR) is 47.2 cm³/mol. The maximum atomic E-state index is 11.3. The third-order valence-electron chi connectivity index (χ3n) is 1.30. The number of hydrazine groups is 1. The summed E-state index contributed by atoms with van der Waals surface area (Å²) in [5.41, 5.74) is 1.96. The quantitative estimate of drug-likeness (QED) is 0.373. The van der Waals surface area contributed by atoms with Crippen LogP contribution in [-0.4, -0.2) is 17.6 Å². The molecular weight excluding hydrogens is 156 g/mol. The van der Waals surface area contributed by atoms with Crippen LogP contribution in [0.4, 0.5) is 0 Å². The van der Waals surface area contributed by atoms with Crippen molar-refractivity contribution < 1.29 is 9.53 Å². The van der Waals surface area contributed by atoms with Gasteiger partial charge in [0.05, 0.1) is 0 Å². The Morgan fingerprint density at radius 2 is 2.08 bits per heavy atom. The van der Waals surface area contributed by atoms with Gasteiger partial charge in [0.2, 0.25) is 0 Å². The lowest BCUT2D eigenvalue weighted by Crippen LogP contribution is -2.44. The molecule has 4 nitrogen and oxygen atoms in total. The van der Waals surface area contributed by atoms with Crippen molar-refractivity contribution in [3.05, 3.63) is 0 Å². The van der Waals surface area contributed by atoms with Crippen LogP contribution < -0.4 is 11.3 Å². The number of ether oxygens (including phenoxy) is 1. The summed E-state index contributed by atoms with van der Waals surface area (Å²) in [4.78, 5) is 11.3. The van der Waals surface area contributed by atoms with E-state index < -0.39 is 11.6 Å². The molecule has 3 N–H and O–H groups in total. The number of hydrogen-bond donors (Lipinski definition) is 2. The Labute approximate surface area is 73.4 Å². The van der Waals surface area contributed by atoms with Gasteiger partial charge in [0.15, 0.2) is 0 Å². The lowest BCUT2D eigenvalue weighted by atomic mass is 10.2. The van der Waals surface area contributed by atoms with Crippen molar-refractivity contribution in [1.82, 2.24) is 5.43 Å². The van der Waals surface area contributed by atoms with Crippen molar-refractivity contribution in [2.45, 2.75) is 45.8 Å². The number of hydrogen-bond acceptors (Lipinski definition) is 4. The van der Waals surface area contributed by atoms with Crippen molar-refractivity contribution in [2.75, 3.05) is 0 Å². The number of rotatable bonds is 3. The van der Waals surface area contributed by atoms with Gasteiger partial charge in [0.25, 0.3) is 0 Å². The van der Waals surface area contributed by atoms with E-state index in [1.807, 2.05) is 27.7 Å². The Kier molecular flexibility index (Phi) is 4.20. The Balaban J connectivity index is 4.02. The van der Waals surface area contributed by atoms with Crippen molar-refractivity contribution in [1.29, 1.82) is 0 Å². The summed E-state index contributed by atoms with van der Waals surface area (Å²) in [6, 6.07) is -0.399. The molecule has 0 aromatic rings. The topological polar surface area (TPSA) is 64.3 Å². The van der Waals surface area contributed by atoms with Crippen LogP contribution in [0.1, 0.15) is 34.1 Å². The highest BCUT2D eigenvalue weighted by Gasteiger charge is 2.22. The zero-order valence-corrected chi connectivity index (χ0v) is 8.18. The Hall–Kier alpha value is -0.610. The summed E-state index contributed by atoms with van der Waals surface area (Å²) in [6.45, 7) is 7.35. The normalized spacial score (nSPS) is 14.1. The van der Waals surface area contributed by atoms with Crippen LogP contribution >= 0.6 is 0 Å². The van der Waals surface area contributed by atoms with Gasteiger partial charge < -0.3 is 4.74 Å². The molecule has 0 amide bonds. The van der Waals surface area contributed by atoms with Crippen LogP contribution in [0.25, 0.3) is 0 Å². The summed E-state index contributed by atoms with van der Waals surface area (Å²) < 4.78 is 5.10. The van der Waals surface area contributed by atoms with E-state index >= 15 is 0 Å². The van der Waals surface area contributed by atoms with Crippen molar-refractivity contribution in [2.24, 2.45) is 5.84 Å². The highest BCUT2D eigenvalue weighted by molar-refractivity contribution is 5.75. The fourth-order valence-electron chi connectivity index (χ4n) is 0.725. The first-order valence-corrected chi connectivity index (χ1v) is 4.09. The molecule has 0 aliphatic heterocycles. The number of carbonyl (C=O) groups excluding carboxylic acids is 1. The van der Waals surface area contributed by atoms with Gasteiger partial charge in [-0.3, -0.25) is 10.6 Å². The molecular formula is C8H18N2O2. The third kappa shape index (κ3) is 4.31. The molecule has 0 heterocycles. The summed E-state index contributed by atoms with van der Waals surface area (Å²) in [7, 11) is 0. The highest BCUT2D eigenvalue weighted by atomic mass is 16.6. The summed E-state index contributed by atoms with van der Waals surface area (Å²) in [5, 5.41) is 0. The zero-order valence-electron chi connectivity index (χ0n) is 8.18. The lowest BCUT2D eigenvalue weighted by Gasteiger charge is -2.22. The average Bonchev–Trinajstić information content (AvgIpc) is 1.85. The van der Waals surface area contributed by atoms with Crippen LogP contribution in [0, 0.1) is 0 Å². The smallest absolute Gasteiger partial charge is 0.324 e. The average molecular weight is 174 g/mol. The van der Waals surface area contributed by atoms with Crippen molar-refractivity contribution in [3.8, 4) is 0 Å². The molecule has 0 unspecified atom stereocenters. The zero-order chi connectivity index (χ0) is 9.78. The van der Waals surface area contributed by atoms with Crippen molar-refractivity contribution >= 4 is 5.97 Å². The van der Waals surface area contributed by atoms with Gasteiger partial charge in [0, 0.05) is 0 Å². The number of carbonyl (C=O) groups is 1. The minimum Gasteiger partial charge on any atom is -0.459 e. The number of esters is 1. The van der Waals surface area contributed by atoms with E-state index in [1.165, 1.54) is 0 Å². The second-order valence-electron chi connectivity index (χ2n) is 3.66. The minimum atomic E-state index is -0.443. The van der Waals surface area contributed by atoms with Gasteiger partial charge >= 0.3 is 5.97 Å². The van der Waals surface area contributed by atoms with E-state index in [0.29, 0.717) is 6.42 Å². The summed E-state index contributed by atoms with van der Waals surface area (Å²) in [6.07, 6.45) is 0.630. The molecule has 0 rings (SSSR count). The van der Waals surface area contributed by atoms with Gasteiger partial charge in [-0.05, 0) is 27.2 Å². The van der Waals surface area contributed by atoms with E-state index in [4.69, 9.17) is 10.6 Å². The van der Waals surface area contributed by atoms with Crippen molar-refractivity contribution in [3.63, 3.8) is 0 Å². The molecule has 12 heavy (non-hydrogen) atoms. The fourth-order valence-corrected chi connectivity index (χ4v) is 0.725. The van der Waals surface area contributed by atoms with E-state index in [0.717, 1.165) is 0 Å². The first kappa shape index (κ1) is 11.4. The van der Waals surface area contributed by atoms with Crippen LogP contribution in [0.2, 0.25) is 0 Å². The Morgan fingerprint density at radius 3 is 2.33 bits per heavy atom. The number of nitrogens with one attached hydrogen (secondary N) is 1. The summed E-state index contributed by atoms with van der Waals surface area (Å²) in [5.74, 6) is 4.85. The molecule has 0 bridgehead atoms. The van der Waals surface area contributed by atoms with E-state index in [-0.39, 0.29) is 5.97 Å². The molecule has 0 aromatic heterocycles. The van der Waals surface area contributed by atoms with E-state index in [2.05, 4.69) is 5.43 Å². The second-order valence-corrected chi connectivity index (χ2v) is 3.66. The molecule has 4 heteroatoms. The van der Waals surface area contributed by atoms with Gasteiger partial charge in [-0.2, -0.15) is 0 Å². The van der Waals surface area contributed by atoms with Gasteiger partial charge in [-0.1, -0.05) is 6.92 Å². The van der Waals surface area contributed by atoms with Gasteiger partial charge in [-0.15, -0.1) is 0 Å². The molecule has 0 fully saturated rings. The van der Waals surface area contributed by atoms with Gasteiger partial charge in [0.1, 0.15) is 11.6 Å². The molecule has 0 saturated heterocycles. The lowest BCUT2D eigenvalue weighted by molar-refractivity contribution is -0.157. The van der Waals surface area contributed by atoms with Gasteiger partial charge in [-0.25, -0.2) is 5.43 Å². The highest BCUT2D eigenvalue weighted by Crippen LogP contribution is 2.08. The SMILES string of the molecule is CC[C@@H](NN)C(=O)OC(C)(C)C. The molecule has 72 valence electrons. The molecule has 0 aliphatic carbocycles. The predicted octanol–water partition coefficient (Wildman–Crippen LogP) is 0.570. The maximum Gasteiger partial charge on any atom is 0.324 e. The minimum absolute atomic E-state index is 0.299. The monoisotopic (exact) mass is 174 g/mol. The molecule has 0 radical (unpaired) electrons. The Morgan fingerprint density at radius 1 is 1.58 bits per heavy atom. The van der Waals surface area contributed by atoms with Crippen LogP contribution in [0.5, 0.6) is 0 Å². The molecule has 0 spiro atoms. The van der Waals surface area contributed by atoms with E-state index in [1.54, 1.807) is 0 Å². The fraction of sp³-hybridized carbons (Fsp3) is 0.875. The van der Waals surface area contributed by atoms with Crippen LogP contribution in [-0.2, 0) is 9.53 Å². The molecule has 0 saturated carbocycles. The van der Waals surface area contributed by atoms with Crippen LogP contribution in [0.3, 0.4) is 0 Å².